The molecule has 0 amide bonds. The lowest BCUT2D eigenvalue weighted by molar-refractivity contribution is 0.281. The van der Waals surface area contributed by atoms with E-state index in [0.717, 1.165) is 5.56 Å². The molecule has 0 saturated heterocycles. The van der Waals surface area contributed by atoms with Crippen LogP contribution in [0.4, 0.5) is 0 Å². The maximum absolute atomic E-state index is 8.73. The van der Waals surface area contributed by atoms with Crippen molar-refractivity contribution in [3.63, 3.8) is 0 Å². The van der Waals surface area contributed by atoms with Gasteiger partial charge in [-0.05, 0) is 17.7 Å². The first-order valence-corrected chi connectivity index (χ1v) is 3.59. The predicted octanol–water partition coefficient (Wildman–Crippen LogP) is 1.84. The molecule has 11 heavy (non-hydrogen) atoms. The van der Waals surface area contributed by atoms with Crippen molar-refractivity contribution >= 4 is 11.6 Å². The Kier molecular flexibility index (Phi) is 2.74. The van der Waals surface area contributed by atoms with Gasteiger partial charge in [-0.2, -0.15) is 0 Å². The molecule has 0 aliphatic heterocycles. The molecule has 0 unspecified atom stereocenters. The Hall–Kier alpha value is -0.730. The minimum atomic E-state index is 0.00368. The molecule has 0 fully saturated rings. The van der Waals surface area contributed by atoms with Crippen molar-refractivity contribution in [2.24, 2.45) is 0 Å². The zero-order valence-corrected chi connectivity index (χ0v) is 6.93. The molecule has 1 aromatic carbocycles. The fourth-order valence-electron chi connectivity index (χ4n) is 0.808. The quantitative estimate of drug-likeness (QED) is 0.738. The van der Waals surface area contributed by atoms with Crippen molar-refractivity contribution < 1.29 is 9.84 Å². The monoisotopic (exact) mass is 172 g/mol. The van der Waals surface area contributed by atoms with Crippen LogP contribution >= 0.6 is 11.6 Å². The van der Waals surface area contributed by atoms with Gasteiger partial charge in [0.25, 0.3) is 0 Å². The second-order valence-corrected chi connectivity index (χ2v) is 2.53. The molecule has 1 N–H and O–H groups in total. The fourth-order valence-corrected chi connectivity index (χ4v) is 1.09. The Morgan fingerprint density at radius 3 is 2.73 bits per heavy atom. The Morgan fingerprint density at radius 1 is 1.55 bits per heavy atom. The van der Waals surface area contributed by atoms with Crippen LogP contribution in [0, 0.1) is 0 Å². The smallest absolute Gasteiger partial charge is 0.137 e. The SMILES string of the molecule is COc1ccc(CO)cc1Cl. The van der Waals surface area contributed by atoms with Gasteiger partial charge in [0, 0.05) is 0 Å². The third-order valence-corrected chi connectivity index (χ3v) is 1.69. The number of methoxy groups -OCH3 is 1. The van der Waals surface area contributed by atoms with Gasteiger partial charge < -0.3 is 9.84 Å². The van der Waals surface area contributed by atoms with Crippen LogP contribution in [0.15, 0.2) is 18.2 Å². The highest BCUT2D eigenvalue weighted by Crippen LogP contribution is 2.24. The molecule has 0 spiro atoms. The highest BCUT2D eigenvalue weighted by Gasteiger charge is 1.99. The number of ether oxygens (including phenoxy) is 1. The number of benzene rings is 1. The molecular formula is C8H9ClO2. The normalized spacial score (nSPS) is 9.73. The van der Waals surface area contributed by atoms with E-state index in [2.05, 4.69) is 0 Å². The topological polar surface area (TPSA) is 29.5 Å². The maximum Gasteiger partial charge on any atom is 0.137 e. The number of rotatable bonds is 2. The summed E-state index contributed by atoms with van der Waals surface area (Å²) in [6.07, 6.45) is 0. The minimum absolute atomic E-state index is 0.00368. The van der Waals surface area contributed by atoms with Crippen LogP contribution in [0.3, 0.4) is 0 Å². The summed E-state index contributed by atoms with van der Waals surface area (Å²) < 4.78 is 4.93. The first-order valence-electron chi connectivity index (χ1n) is 3.21. The molecule has 0 heterocycles. The first-order chi connectivity index (χ1) is 5.27. The average Bonchev–Trinajstić information content (AvgIpc) is 2.04. The number of hydrogen-bond donors (Lipinski definition) is 1. The van der Waals surface area contributed by atoms with E-state index in [0.29, 0.717) is 10.8 Å². The van der Waals surface area contributed by atoms with Crippen LogP contribution in [0.1, 0.15) is 5.56 Å². The molecule has 60 valence electrons. The van der Waals surface area contributed by atoms with Gasteiger partial charge in [-0.1, -0.05) is 17.7 Å². The van der Waals surface area contributed by atoms with Crippen LogP contribution < -0.4 is 4.74 Å². The zero-order valence-electron chi connectivity index (χ0n) is 6.17. The summed E-state index contributed by atoms with van der Waals surface area (Å²) in [7, 11) is 1.56. The molecule has 0 aromatic heterocycles. The summed E-state index contributed by atoms with van der Waals surface area (Å²) in [4.78, 5) is 0. The molecule has 1 rings (SSSR count). The summed E-state index contributed by atoms with van der Waals surface area (Å²) in [6.45, 7) is 0.00368. The van der Waals surface area contributed by atoms with Gasteiger partial charge in [-0.25, -0.2) is 0 Å². The van der Waals surface area contributed by atoms with Gasteiger partial charge in [0.1, 0.15) is 5.75 Å². The molecule has 0 saturated carbocycles. The molecule has 0 aliphatic carbocycles. The highest BCUT2D eigenvalue weighted by atomic mass is 35.5. The van der Waals surface area contributed by atoms with Crippen molar-refractivity contribution in [2.45, 2.75) is 6.61 Å². The molecule has 0 atom stereocenters. The van der Waals surface area contributed by atoms with E-state index in [1.165, 1.54) is 0 Å². The Morgan fingerprint density at radius 2 is 2.27 bits per heavy atom. The van der Waals surface area contributed by atoms with Crippen molar-refractivity contribution in [3.8, 4) is 5.75 Å². The van der Waals surface area contributed by atoms with Gasteiger partial charge in [0.2, 0.25) is 0 Å². The standard InChI is InChI=1S/C8H9ClO2/c1-11-8-3-2-6(5-10)4-7(8)9/h2-4,10H,5H2,1H3. The van der Waals surface area contributed by atoms with Crippen molar-refractivity contribution in [3.05, 3.63) is 28.8 Å². The second-order valence-electron chi connectivity index (χ2n) is 2.13. The molecular weight excluding hydrogens is 164 g/mol. The van der Waals surface area contributed by atoms with E-state index < -0.39 is 0 Å². The molecule has 3 heteroatoms. The first kappa shape index (κ1) is 8.37. The van der Waals surface area contributed by atoms with E-state index in [-0.39, 0.29) is 6.61 Å². The summed E-state index contributed by atoms with van der Waals surface area (Å²) in [6, 6.07) is 5.18. The van der Waals surface area contributed by atoms with Crippen molar-refractivity contribution in [2.75, 3.05) is 7.11 Å². The van der Waals surface area contributed by atoms with E-state index in [1.54, 1.807) is 25.3 Å². The Bertz CT molecular complexity index is 248. The lowest BCUT2D eigenvalue weighted by Crippen LogP contribution is -1.86. The molecule has 1 aromatic rings. The summed E-state index contributed by atoms with van der Waals surface area (Å²) >= 11 is 5.77. The summed E-state index contributed by atoms with van der Waals surface area (Å²) in [5.74, 6) is 0.629. The summed E-state index contributed by atoms with van der Waals surface area (Å²) in [5.41, 5.74) is 0.788. The van der Waals surface area contributed by atoms with E-state index in [4.69, 9.17) is 21.4 Å². The van der Waals surface area contributed by atoms with Crippen LogP contribution in [-0.4, -0.2) is 12.2 Å². The zero-order chi connectivity index (χ0) is 8.27. The van der Waals surface area contributed by atoms with Crippen molar-refractivity contribution in [1.82, 2.24) is 0 Å². The number of hydrogen-bond acceptors (Lipinski definition) is 2. The average molecular weight is 173 g/mol. The summed E-state index contributed by atoms with van der Waals surface area (Å²) in [5, 5.41) is 9.25. The Balaban J connectivity index is 2.99. The van der Waals surface area contributed by atoms with Crippen LogP contribution in [-0.2, 0) is 6.61 Å². The van der Waals surface area contributed by atoms with Gasteiger partial charge in [0.15, 0.2) is 0 Å². The highest BCUT2D eigenvalue weighted by molar-refractivity contribution is 6.32. The van der Waals surface area contributed by atoms with Gasteiger partial charge in [-0.15, -0.1) is 0 Å². The third kappa shape index (κ3) is 1.85. The molecule has 0 radical (unpaired) electrons. The van der Waals surface area contributed by atoms with Gasteiger partial charge >= 0.3 is 0 Å². The number of aliphatic hydroxyl groups is 1. The fraction of sp³-hybridized carbons (Fsp3) is 0.250. The molecule has 0 bridgehead atoms. The van der Waals surface area contributed by atoms with E-state index >= 15 is 0 Å². The molecule has 0 aliphatic rings. The lowest BCUT2D eigenvalue weighted by Gasteiger charge is -2.03. The second kappa shape index (κ2) is 3.60. The van der Waals surface area contributed by atoms with E-state index in [9.17, 15) is 0 Å². The van der Waals surface area contributed by atoms with Crippen LogP contribution in [0.5, 0.6) is 5.75 Å². The number of halogens is 1. The Labute approximate surface area is 70.4 Å². The van der Waals surface area contributed by atoms with Crippen LogP contribution in [0.25, 0.3) is 0 Å². The predicted molar refractivity (Wildman–Crippen MR) is 43.9 cm³/mol. The van der Waals surface area contributed by atoms with Gasteiger partial charge in [0.05, 0.1) is 18.7 Å². The lowest BCUT2D eigenvalue weighted by atomic mass is 10.2. The minimum Gasteiger partial charge on any atom is -0.495 e. The molecule has 2 nitrogen and oxygen atoms in total. The third-order valence-electron chi connectivity index (χ3n) is 1.40. The van der Waals surface area contributed by atoms with Crippen molar-refractivity contribution in [1.29, 1.82) is 0 Å². The van der Waals surface area contributed by atoms with Crippen LogP contribution in [0.2, 0.25) is 5.02 Å². The van der Waals surface area contributed by atoms with E-state index in [1.807, 2.05) is 0 Å². The largest absolute Gasteiger partial charge is 0.495 e. The maximum atomic E-state index is 8.73. The van der Waals surface area contributed by atoms with Gasteiger partial charge in [-0.3, -0.25) is 0 Å². The number of aliphatic hydroxyl groups excluding tert-OH is 1.